The van der Waals surface area contributed by atoms with Crippen LogP contribution in [0.2, 0.25) is 0 Å². The molecule has 4 rings (SSSR count). The number of hydrogen-bond donors (Lipinski definition) is 1. The van der Waals surface area contributed by atoms with Gasteiger partial charge < -0.3 is 19.9 Å². The van der Waals surface area contributed by atoms with E-state index in [9.17, 15) is 9.59 Å². The fourth-order valence-corrected chi connectivity index (χ4v) is 3.80. The molecule has 0 spiro atoms. The van der Waals surface area contributed by atoms with Gasteiger partial charge >= 0.3 is 0 Å². The molecule has 2 amide bonds. The van der Waals surface area contributed by atoms with Crippen molar-refractivity contribution in [3.63, 3.8) is 0 Å². The van der Waals surface area contributed by atoms with E-state index in [0.29, 0.717) is 25.4 Å². The molecule has 0 fully saturated rings. The number of rotatable bonds is 5. The molecule has 1 atom stereocenters. The Balaban J connectivity index is 1.53. The zero-order valence-corrected chi connectivity index (χ0v) is 16.1. The largest absolute Gasteiger partial charge is 0.477 e. The number of para-hydroxylation sites is 3. The maximum Gasteiger partial charge on any atom is 0.262 e. The van der Waals surface area contributed by atoms with Gasteiger partial charge in [-0.15, -0.1) is 0 Å². The van der Waals surface area contributed by atoms with Gasteiger partial charge in [0, 0.05) is 18.8 Å². The van der Waals surface area contributed by atoms with Crippen LogP contribution in [0.5, 0.6) is 5.75 Å². The molecule has 0 aromatic heterocycles. The number of hydrogen-bond acceptors (Lipinski definition) is 4. The van der Waals surface area contributed by atoms with Gasteiger partial charge in [-0.3, -0.25) is 9.59 Å². The van der Waals surface area contributed by atoms with E-state index in [0.717, 1.165) is 24.2 Å². The third kappa shape index (κ3) is 3.54. The number of ether oxygens (including phenoxy) is 1. The van der Waals surface area contributed by atoms with Gasteiger partial charge in [0.1, 0.15) is 5.75 Å². The molecule has 146 valence electrons. The van der Waals surface area contributed by atoms with Crippen molar-refractivity contribution in [2.24, 2.45) is 0 Å². The highest BCUT2D eigenvalue weighted by Crippen LogP contribution is 2.34. The number of carbonyl (C=O) groups excluding carboxylic acids is 2. The molecular formula is C22H25N3O3. The van der Waals surface area contributed by atoms with E-state index in [4.69, 9.17) is 4.74 Å². The van der Waals surface area contributed by atoms with Crippen LogP contribution in [0.3, 0.4) is 0 Å². The monoisotopic (exact) mass is 379 g/mol. The Hall–Kier alpha value is -3.02. The second-order valence-electron chi connectivity index (χ2n) is 7.17. The van der Waals surface area contributed by atoms with Crippen molar-refractivity contribution in [3.8, 4) is 5.75 Å². The van der Waals surface area contributed by atoms with Gasteiger partial charge in [-0.25, -0.2) is 0 Å². The van der Waals surface area contributed by atoms with Gasteiger partial charge in [0.2, 0.25) is 5.91 Å². The number of nitrogens with one attached hydrogen (secondary N) is 1. The van der Waals surface area contributed by atoms with Gasteiger partial charge in [0.15, 0.2) is 6.10 Å². The molecule has 0 radical (unpaired) electrons. The quantitative estimate of drug-likeness (QED) is 0.866. The van der Waals surface area contributed by atoms with Crippen LogP contribution in [0, 0.1) is 0 Å². The fourth-order valence-electron chi connectivity index (χ4n) is 3.80. The fraction of sp³-hybridized carbons (Fsp3) is 0.364. The summed E-state index contributed by atoms with van der Waals surface area (Å²) in [6, 6.07) is 15.6. The Kier molecular flexibility index (Phi) is 5.19. The van der Waals surface area contributed by atoms with Crippen LogP contribution in [-0.2, 0) is 16.0 Å². The first kappa shape index (κ1) is 18.3. The Morgan fingerprint density at radius 2 is 1.86 bits per heavy atom. The lowest BCUT2D eigenvalue weighted by Crippen LogP contribution is -2.51. The van der Waals surface area contributed by atoms with Crippen molar-refractivity contribution in [2.45, 2.75) is 25.9 Å². The third-order valence-corrected chi connectivity index (χ3v) is 5.22. The highest BCUT2D eigenvalue weighted by Gasteiger charge is 2.33. The summed E-state index contributed by atoms with van der Waals surface area (Å²) in [4.78, 5) is 29.3. The summed E-state index contributed by atoms with van der Waals surface area (Å²) in [5.74, 6) is 0.537. The lowest BCUT2D eigenvalue weighted by Gasteiger charge is -2.36. The minimum Gasteiger partial charge on any atom is -0.477 e. The highest BCUT2D eigenvalue weighted by atomic mass is 16.5. The standard InChI is InChI=1S/C22H25N3O3/c1-2-12-23-22(27)20-14-24(18-9-5-6-10-19(18)28-20)15-21(26)25-13-11-16-7-3-4-8-17(16)25/h3-10,20H,2,11-15H2,1H3,(H,23,27)/t20-/m0/s1. The third-order valence-electron chi connectivity index (χ3n) is 5.22. The molecule has 0 saturated heterocycles. The topological polar surface area (TPSA) is 61.9 Å². The average Bonchev–Trinajstić information content (AvgIpc) is 3.16. The first-order chi connectivity index (χ1) is 13.7. The lowest BCUT2D eigenvalue weighted by atomic mass is 10.1. The second kappa shape index (κ2) is 7.92. The van der Waals surface area contributed by atoms with Crippen molar-refractivity contribution >= 4 is 23.2 Å². The van der Waals surface area contributed by atoms with E-state index in [2.05, 4.69) is 11.4 Å². The van der Waals surface area contributed by atoms with Crippen LogP contribution >= 0.6 is 0 Å². The molecule has 2 aromatic rings. The molecule has 1 N–H and O–H groups in total. The summed E-state index contributed by atoms with van der Waals surface area (Å²) in [5.41, 5.74) is 3.05. The van der Waals surface area contributed by atoms with E-state index in [1.807, 2.05) is 59.2 Å². The van der Waals surface area contributed by atoms with Crippen LogP contribution in [0.1, 0.15) is 18.9 Å². The van der Waals surface area contributed by atoms with Crippen LogP contribution < -0.4 is 19.9 Å². The number of anilines is 2. The maximum absolute atomic E-state index is 13.1. The second-order valence-corrected chi connectivity index (χ2v) is 7.17. The smallest absolute Gasteiger partial charge is 0.262 e. The molecule has 0 unspecified atom stereocenters. The first-order valence-corrected chi connectivity index (χ1v) is 9.84. The number of amides is 2. The Labute approximate surface area is 165 Å². The van der Waals surface area contributed by atoms with Gasteiger partial charge in [-0.1, -0.05) is 37.3 Å². The molecular weight excluding hydrogens is 354 g/mol. The van der Waals surface area contributed by atoms with Gasteiger partial charge in [-0.2, -0.15) is 0 Å². The number of nitrogens with zero attached hydrogens (tertiary/aromatic N) is 2. The van der Waals surface area contributed by atoms with Crippen LogP contribution in [0.25, 0.3) is 0 Å². The number of benzene rings is 2. The molecule has 2 aliphatic heterocycles. The molecule has 28 heavy (non-hydrogen) atoms. The summed E-state index contributed by atoms with van der Waals surface area (Å²) in [6.07, 6.45) is 1.12. The summed E-state index contributed by atoms with van der Waals surface area (Å²) in [7, 11) is 0. The predicted octanol–water partition coefficient (Wildman–Crippen LogP) is 2.37. The van der Waals surface area contributed by atoms with Crippen molar-refractivity contribution in [1.82, 2.24) is 5.32 Å². The number of carbonyl (C=O) groups is 2. The number of fused-ring (bicyclic) bond motifs is 2. The van der Waals surface area contributed by atoms with Gasteiger partial charge in [-0.05, 0) is 36.6 Å². The summed E-state index contributed by atoms with van der Waals surface area (Å²) in [6.45, 7) is 3.89. The van der Waals surface area contributed by atoms with Crippen LogP contribution in [0.15, 0.2) is 48.5 Å². The van der Waals surface area contributed by atoms with Gasteiger partial charge in [0.25, 0.3) is 5.91 Å². The van der Waals surface area contributed by atoms with E-state index in [1.165, 1.54) is 5.56 Å². The first-order valence-electron chi connectivity index (χ1n) is 9.84. The zero-order valence-electron chi connectivity index (χ0n) is 16.1. The Bertz CT molecular complexity index is 883. The summed E-state index contributed by atoms with van der Waals surface area (Å²) >= 11 is 0. The summed E-state index contributed by atoms with van der Waals surface area (Å²) in [5, 5.41) is 2.89. The minimum atomic E-state index is -0.625. The molecule has 2 aliphatic rings. The van der Waals surface area contributed by atoms with Crippen molar-refractivity contribution < 1.29 is 14.3 Å². The van der Waals surface area contributed by atoms with E-state index in [-0.39, 0.29) is 18.4 Å². The van der Waals surface area contributed by atoms with Gasteiger partial charge in [0.05, 0.1) is 18.8 Å². The average molecular weight is 379 g/mol. The van der Waals surface area contributed by atoms with Crippen molar-refractivity contribution in [3.05, 3.63) is 54.1 Å². The normalized spacial score (nSPS) is 17.5. The van der Waals surface area contributed by atoms with Crippen molar-refractivity contribution in [1.29, 1.82) is 0 Å². The zero-order chi connectivity index (χ0) is 19.5. The van der Waals surface area contributed by atoms with E-state index < -0.39 is 6.10 Å². The highest BCUT2D eigenvalue weighted by molar-refractivity contribution is 5.98. The molecule has 6 heteroatoms. The van der Waals surface area contributed by atoms with E-state index in [1.54, 1.807) is 0 Å². The summed E-state index contributed by atoms with van der Waals surface area (Å²) < 4.78 is 5.91. The van der Waals surface area contributed by atoms with Crippen LogP contribution in [0.4, 0.5) is 11.4 Å². The molecule has 6 nitrogen and oxygen atoms in total. The molecule has 2 aromatic carbocycles. The Morgan fingerprint density at radius 1 is 1.11 bits per heavy atom. The minimum absolute atomic E-state index is 0.0365. The Morgan fingerprint density at radius 3 is 2.68 bits per heavy atom. The van der Waals surface area contributed by atoms with E-state index >= 15 is 0 Å². The maximum atomic E-state index is 13.1. The molecule has 0 saturated carbocycles. The van der Waals surface area contributed by atoms with Crippen LogP contribution in [-0.4, -0.2) is 44.1 Å². The molecule has 0 bridgehead atoms. The predicted molar refractivity (Wildman–Crippen MR) is 109 cm³/mol. The molecule has 0 aliphatic carbocycles. The molecule has 2 heterocycles. The SMILES string of the molecule is CCCNC(=O)[C@@H]1CN(CC(=O)N2CCc3ccccc32)c2ccccc2O1. The lowest BCUT2D eigenvalue weighted by molar-refractivity contribution is -0.128. The van der Waals surface area contributed by atoms with Crippen molar-refractivity contribution in [2.75, 3.05) is 36.0 Å².